The quantitative estimate of drug-likeness (QED) is 0.708. The van der Waals surface area contributed by atoms with Crippen molar-refractivity contribution in [3.8, 4) is 0 Å². The highest BCUT2D eigenvalue weighted by atomic mass is 32.2. The number of nitrogens with zero attached hydrogens (tertiary/aromatic N) is 1. The van der Waals surface area contributed by atoms with E-state index < -0.39 is 9.84 Å². The van der Waals surface area contributed by atoms with Gasteiger partial charge in [0, 0.05) is 30.9 Å². The van der Waals surface area contributed by atoms with E-state index in [9.17, 15) is 8.42 Å². The first-order valence-corrected chi connectivity index (χ1v) is 10.0. The van der Waals surface area contributed by atoms with E-state index in [0.717, 1.165) is 26.1 Å². The van der Waals surface area contributed by atoms with Crippen molar-refractivity contribution < 1.29 is 8.42 Å². The van der Waals surface area contributed by atoms with Gasteiger partial charge in [0.05, 0.1) is 5.75 Å². The minimum absolute atomic E-state index is 0.269. The maximum Gasteiger partial charge on any atom is 0.150 e. The van der Waals surface area contributed by atoms with Crippen LogP contribution in [0.5, 0.6) is 0 Å². The van der Waals surface area contributed by atoms with Gasteiger partial charge in [-0.3, -0.25) is 4.90 Å². The molecule has 1 fully saturated rings. The lowest BCUT2D eigenvalue weighted by Crippen LogP contribution is -2.56. The van der Waals surface area contributed by atoms with Gasteiger partial charge in [0.2, 0.25) is 0 Å². The largest absolute Gasteiger partial charge is 0.311 e. The zero-order valence-electron chi connectivity index (χ0n) is 13.4. The van der Waals surface area contributed by atoms with Crippen LogP contribution in [0.2, 0.25) is 0 Å². The third kappa shape index (κ3) is 6.10. The Morgan fingerprint density at radius 3 is 2.45 bits per heavy atom. The van der Waals surface area contributed by atoms with Crippen LogP contribution < -0.4 is 5.32 Å². The van der Waals surface area contributed by atoms with Crippen LogP contribution in [0, 0.1) is 0 Å². The molecule has 0 aliphatic carbocycles. The average Bonchev–Trinajstić information content (AvgIpc) is 2.42. The molecular formula is C15H32N2O2S. The molecular weight excluding hydrogens is 272 g/mol. The van der Waals surface area contributed by atoms with Gasteiger partial charge in [-0.05, 0) is 25.8 Å². The Bertz CT molecular complexity index is 357. The third-order valence-corrected chi connectivity index (χ3v) is 6.00. The van der Waals surface area contributed by atoms with Gasteiger partial charge in [0.1, 0.15) is 9.84 Å². The number of piperazine rings is 1. The number of sulfone groups is 1. The van der Waals surface area contributed by atoms with Crippen molar-refractivity contribution in [2.24, 2.45) is 0 Å². The normalized spacial score (nSPS) is 24.9. The molecule has 120 valence electrons. The smallest absolute Gasteiger partial charge is 0.150 e. The lowest BCUT2D eigenvalue weighted by atomic mass is 10.0. The standard InChI is InChI=1S/C15H32N2O2S/c1-4-8-14-13-17(15(9-5-2)12-16-14)10-7-11-20(18,19)6-3/h14-16H,4-13H2,1-3H3. The Labute approximate surface area is 125 Å². The first kappa shape index (κ1) is 17.9. The summed E-state index contributed by atoms with van der Waals surface area (Å²) in [6.45, 7) is 9.22. The van der Waals surface area contributed by atoms with E-state index in [1.54, 1.807) is 6.92 Å². The van der Waals surface area contributed by atoms with Crippen molar-refractivity contribution in [1.82, 2.24) is 10.2 Å². The molecule has 2 unspecified atom stereocenters. The fraction of sp³-hybridized carbons (Fsp3) is 1.00. The first-order chi connectivity index (χ1) is 9.52. The zero-order valence-corrected chi connectivity index (χ0v) is 14.2. The van der Waals surface area contributed by atoms with E-state index >= 15 is 0 Å². The van der Waals surface area contributed by atoms with Crippen LogP contribution in [0.25, 0.3) is 0 Å². The van der Waals surface area contributed by atoms with Crippen LogP contribution in [0.1, 0.15) is 52.9 Å². The van der Waals surface area contributed by atoms with Crippen molar-refractivity contribution in [1.29, 1.82) is 0 Å². The summed E-state index contributed by atoms with van der Waals surface area (Å²) in [5, 5.41) is 3.64. The van der Waals surface area contributed by atoms with Gasteiger partial charge < -0.3 is 5.32 Å². The molecule has 1 N–H and O–H groups in total. The fourth-order valence-electron chi connectivity index (χ4n) is 2.99. The van der Waals surface area contributed by atoms with Crippen molar-refractivity contribution in [3.63, 3.8) is 0 Å². The molecule has 1 saturated heterocycles. The average molecular weight is 305 g/mol. The van der Waals surface area contributed by atoms with Crippen LogP contribution >= 0.6 is 0 Å². The minimum atomic E-state index is -2.82. The zero-order chi connectivity index (χ0) is 15.0. The van der Waals surface area contributed by atoms with E-state index in [1.165, 1.54) is 25.7 Å². The second-order valence-electron chi connectivity index (χ2n) is 5.92. The predicted octanol–water partition coefficient (Wildman–Crippen LogP) is 2.05. The van der Waals surface area contributed by atoms with Gasteiger partial charge in [0.25, 0.3) is 0 Å². The summed E-state index contributed by atoms with van der Waals surface area (Å²) in [4.78, 5) is 2.52. The monoisotopic (exact) mass is 304 g/mol. The Kier molecular flexibility index (Phi) is 8.07. The molecule has 1 heterocycles. The van der Waals surface area contributed by atoms with E-state index in [-0.39, 0.29) is 5.75 Å². The van der Waals surface area contributed by atoms with Crippen molar-refractivity contribution in [3.05, 3.63) is 0 Å². The Morgan fingerprint density at radius 1 is 1.15 bits per heavy atom. The van der Waals surface area contributed by atoms with Crippen LogP contribution in [-0.2, 0) is 9.84 Å². The highest BCUT2D eigenvalue weighted by Gasteiger charge is 2.26. The molecule has 2 atom stereocenters. The third-order valence-electron chi connectivity index (χ3n) is 4.21. The van der Waals surface area contributed by atoms with Gasteiger partial charge >= 0.3 is 0 Å². The summed E-state index contributed by atoms with van der Waals surface area (Å²) in [5.74, 6) is 0.607. The van der Waals surface area contributed by atoms with Crippen LogP contribution in [0.4, 0.5) is 0 Å². The van der Waals surface area contributed by atoms with E-state index in [4.69, 9.17) is 0 Å². The molecule has 0 saturated carbocycles. The lowest BCUT2D eigenvalue weighted by molar-refractivity contribution is 0.119. The number of hydrogen-bond acceptors (Lipinski definition) is 4. The summed E-state index contributed by atoms with van der Waals surface area (Å²) in [7, 11) is -2.82. The molecule has 0 aromatic heterocycles. The molecule has 0 amide bonds. The minimum Gasteiger partial charge on any atom is -0.311 e. The molecule has 0 radical (unpaired) electrons. The summed E-state index contributed by atoms with van der Waals surface area (Å²) in [6.07, 6.45) is 5.58. The molecule has 0 aromatic carbocycles. The second kappa shape index (κ2) is 9.00. The highest BCUT2D eigenvalue weighted by molar-refractivity contribution is 7.91. The fourth-order valence-corrected chi connectivity index (χ4v) is 3.85. The van der Waals surface area contributed by atoms with Gasteiger partial charge in [-0.1, -0.05) is 33.6 Å². The Balaban J connectivity index is 2.47. The number of rotatable bonds is 9. The van der Waals surface area contributed by atoms with Gasteiger partial charge in [-0.2, -0.15) is 0 Å². The molecule has 1 aliphatic heterocycles. The maximum atomic E-state index is 11.6. The summed E-state index contributed by atoms with van der Waals surface area (Å²) >= 11 is 0. The molecule has 20 heavy (non-hydrogen) atoms. The summed E-state index contributed by atoms with van der Waals surface area (Å²) < 4.78 is 23.2. The van der Waals surface area contributed by atoms with Crippen molar-refractivity contribution >= 4 is 9.84 Å². The van der Waals surface area contributed by atoms with E-state index in [1.807, 2.05) is 0 Å². The van der Waals surface area contributed by atoms with Crippen LogP contribution in [-0.4, -0.2) is 56.5 Å². The molecule has 0 bridgehead atoms. The van der Waals surface area contributed by atoms with Crippen LogP contribution in [0.3, 0.4) is 0 Å². The first-order valence-electron chi connectivity index (χ1n) is 8.20. The molecule has 5 heteroatoms. The second-order valence-corrected chi connectivity index (χ2v) is 8.39. The predicted molar refractivity (Wildman–Crippen MR) is 85.9 cm³/mol. The van der Waals surface area contributed by atoms with Gasteiger partial charge in [-0.25, -0.2) is 8.42 Å². The Morgan fingerprint density at radius 2 is 1.85 bits per heavy atom. The lowest BCUT2D eigenvalue weighted by Gasteiger charge is -2.40. The van der Waals surface area contributed by atoms with Crippen LogP contribution in [0.15, 0.2) is 0 Å². The molecule has 0 aromatic rings. The Hall–Kier alpha value is -0.130. The van der Waals surface area contributed by atoms with Gasteiger partial charge in [0.15, 0.2) is 0 Å². The molecule has 0 spiro atoms. The summed E-state index contributed by atoms with van der Waals surface area (Å²) in [5.41, 5.74) is 0. The van der Waals surface area contributed by atoms with Gasteiger partial charge in [-0.15, -0.1) is 0 Å². The number of nitrogens with one attached hydrogen (secondary N) is 1. The molecule has 1 rings (SSSR count). The summed E-state index contributed by atoms with van der Waals surface area (Å²) in [6, 6.07) is 1.16. The van der Waals surface area contributed by atoms with E-state index in [0.29, 0.717) is 17.8 Å². The highest BCUT2D eigenvalue weighted by Crippen LogP contribution is 2.15. The molecule has 1 aliphatic rings. The maximum absolute atomic E-state index is 11.6. The van der Waals surface area contributed by atoms with Crippen molar-refractivity contribution in [2.75, 3.05) is 31.1 Å². The molecule has 4 nitrogen and oxygen atoms in total. The SMILES string of the molecule is CCCC1CN(CCCS(=O)(=O)CC)C(CCC)CN1. The van der Waals surface area contributed by atoms with Crippen molar-refractivity contribution in [2.45, 2.75) is 65.0 Å². The van der Waals surface area contributed by atoms with E-state index in [2.05, 4.69) is 24.1 Å². The topological polar surface area (TPSA) is 49.4 Å². The number of hydrogen-bond donors (Lipinski definition) is 1.